The van der Waals surface area contributed by atoms with Crippen LogP contribution in [0.2, 0.25) is 0 Å². The van der Waals surface area contributed by atoms with Crippen molar-refractivity contribution in [1.82, 2.24) is 14.9 Å². The second kappa shape index (κ2) is 7.55. The Hall–Kier alpha value is -1.90. The van der Waals surface area contributed by atoms with E-state index < -0.39 is 11.9 Å². The molecule has 0 radical (unpaired) electrons. The third-order valence-electron chi connectivity index (χ3n) is 4.58. The average Bonchev–Trinajstić information content (AvgIpc) is 3.08. The molecule has 2 aliphatic heterocycles. The summed E-state index contributed by atoms with van der Waals surface area (Å²) in [6, 6.07) is 0.900. The summed E-state index contributed by atoms with van der Waals surface area (Å²) in [5.74, 6) is 0.248. The molecule has 9 heteroatoms. The maximum Gasteiger partial charge on any atom is 0.433 e. The predicted octanol–water partition coefficient (Wildman–Crippen LogP) is 2.47. The highest BCUT2D eigenvalue weighted by Gasteiger charge is 2.33. The van der Waals surface area contributed by atoms with Crippen LogP contribution >= 0.6 is 0 Å². The Morgan fingerprint density at radius 2 is 2.04 bits per heavy atom. The van der Waals surface area contributed by atoms with Crippen LogP contribution in [0, 0.1) is 0 Å². The number of halogens is 3. The van der Waals surface area contributed by atoms with Crippen LogP contribution in [-0.4, -0.2) is 52.6 Å². The molecule has 2 aliphatic rings. The van der Waals surface area contributed by atoms with Gasteiger partial charge in [0, 0.05) is 31.8 Å². The lowest BCUT2D eigenvalue weighted by molar-refractivity contribution is -0.141. The minimum atomic E-state index is -4.49. The summed E-state index contributed by atoms with van der Waals surface area (Å²) in [7, 11) is 0. The highest BCUT2D eigenvalue weighted by atomic mass is 19.4. The molecule has 1 amide bonds. The molecule has 1 aromatic heterocycles. The topological polar surface area (TPSA) is 67.3 Å². The van der Waals surface area contributed by atoms with Crippen molar-refractivity contribution >= 4 is 11.7 Å². The van der Waals surface area contributed by atoms with Gasteiger partial charge in [0.15, 0.2) is 0 Å². The SMILES string of the molecule is O=C(CC1CCCO1)N1CCC(Nc2cc(C(F)(F)F)ncn2)CC1. The van der Waals surface area contributed by atoms with E-state index in [2.05, 4.69) is 15.3 Å². The molecular formula is C16H21F3N4O2. The molecule has 2 saturated heterocycles. The van der Waals surface area contributed by atoms with Crippen molar-refractivity contribution < 1.29 is 22.7 Å². The Bertz CT molecular complexity index is 597. The molecule has 2 fully saturated rings. The number of rotatable bonds is 4. The normalized spacial score (nSPS) is 22.2. The predicted molar refractivity (Wildman–Crippen MR) is 83.8 cm³/mol. The van der Waals surface area contributed by atoms with Crippen LogP contribution in [0.15, 0.2) is 12.4 Å². The summed E-state index contributed by atoms with van der Waals surface area (Å²) < 4.78 is 43.5. The van der Waals surface area contributed by atoms with Crippen molar-refractivity contribution in [1.29, 1.82) is 0 Å². The van der Waals surface area contributed by atoms with Crippen molar-refractivity contribution in [3.8, 4) is 0 Å². The molecule has 1 N–H and O–H groups in total. The van der Waals surface area contributed by atoms with Crippen LogP contribution < -0.4 is 5.32 Å². The highest BCUT2D eigenvalue weighted by Crippen LogP contribution is 2.28. The van der Waals surface area contributed by atoms with Gasteiger partial charge in [-0.05, 0) is 25.7 Å². The summed E-state index contributed by atoms with van der Waals surface area (Å²) in [6.45, 7) is 1.89. The quantitative estimate of drug-likeness (QED) is 0.896. The van der Waals surface area contributed by atoms with Gasteiger partial charge in [-0.25, -0.2) is 9.97 Å². The van der Waals surface area contributed by atoms with Crippen LogP contribution in [0.1, 0.15) is 37.8 Å². The zero-order valence-electron chi connectivity index (χ0n) is 13.8. The second-order valence-corrected chi connectivity index (χ2v) is 6.42. The molecule has 3 heterocycles. The molecule has 138 valence electrons. The van der Waals surface area contributed by atoms with Crippen molar-refractivity contribution in [2.24, 2.45) is 0 Å². The Morgan fingerprint density at radius 1 is 1.28 bits per heavy atom. The lowest BCUT2D eigenvalue weighted by Gasteiger charge is -2.33. The minimum absolute atomic E-state index is 0.0113. The fourth-order valence-electron chi connectivity index (χ4n) is 3.20. The molecule has 1 aromatic rings. The minimum Gasteiger partial charge on any atom is -0.378 e. The number of nitrogens with one attached hydrogen (secondary N) is 1. The standard InChI is InChI=1S/C16H21F3N4O2/c17-16(18,19)13-9-14(21-10-20-13)22-11-3-5-23(6-4-11)15(24)8-12-2-1-7-25-12/h9-12H,1-8H2,(H,20,21,22). The van der Waals surface area contributed by atoms with Crippen molar-refractivity contribution in [3.63, 3.8) is 0 Å². The number of amides is 1. The van der Waals surface area contributed by atoms with Crippen LogP contribution in [0.5, 0.6) is 0 Å². The summed E-state index contributed by atoms with van der Waals surface area (Å²) in [5.41, 5.74) is -0.964. The monoisotopic (exact) mass is 358 g/mol. The molecule has 0 bridgehead atoms. The smallest absolute Gasteiger partial charge is 0.378 e. The molecule has 3 rings (SSSR count). The van der Waals surface area contributed by atoms with E-state index in [1.54, 1.807) is 4.90 Å². The van der Waals surface area contributed by atoms with Gasteiger partial charge in [-0.1, -0.05) is 0 Å². The molecule has 6 nitrogen and oxygen atoms in total. The van der Waals surface area contributed by atoms with Gasteiger partial charge in [0.25, 0.3) is 0 Å². The number of aromatic nitrogens is 2. The second-order valence-electron chi connectivity index (χ2n) is 6.42. The van der Waals surface area contributed by atoms with Gasteiger partial charge in [-0.15, -0.1) is 0 Å². The average molecular weight is 358 g/mol. The van der Waals surface area contributed by atoms with Gasteiger partial charge in [-0.2, -0.15) is 13.2 Å². The van der Waals surface area contributed by atoms with Gasteiger partial charge in [-0.3, -0.25) is 4.79 Å². The number of piperidine rings is 1. The number of likely N-dealkylation sites (tertiary alicyclic amines) is 1. The number of hydrogen-bond acceptors (Lipinski definition) is 5. The Kier molecular flexibility index (Phi) is 5.41. The van der Waals surface area contributed by atoms with Crippen LogP contribution in [-0.2, 0) is 15.7 Å². The number of hydrogen-bond donors (Lipinski definition) is 1. The molecule has 25 heavy (non-hydrogen) atoms. The lowest BCUT2D eigenvalue weighted by atomic mass is 10.0. The van der Waals surface area contributed by atoms with Crippen LogP contribution in [0.4, 0.5) is 19.0 Å². The summed E-state index contributed by atoms with van der Waals surface area (Å²) >= 11 is 0. The lowest BCUT2D eigenvalue weighted by Crippen LogP contribution is -2.43. The number of ether oxygens (including phenoxy) is 1. The van der Waals surface area contributed by atoms with E-state index in [1.165, 1.54) is 0 Å². The Balaban J connectivity index is 1.48. The molecule has 0 aliphatic carbocycles. The van der Waals surface area contributed by atoms with Gasteiger partial charge >= 0.3 is 6.18 Å². The highest BCUT2D eigenvalue weighted by molar-refractivity contribution is 5.76. The van der Waals surface area contributed by atoms with Gasteiger partial charge in [0.1, 0.15) is 17.8 Å². The maximum atomic E-state index is 12.7. The van der Waals surface area contributed by atoms with Gasteiger partial charge < -0.3 is 15.0 Å². The largest absolute Gasteiger partial charge is 0.433 e. The third-order valence-corrected chi connectivity index (χ3v) is 4.58. The van der Waals surface area contributed by atoms with Crippen molar-refractivity contribution in [2.45, 2.75) is 50.4 Å². The number of carbonyl (C=O) groups excluding carboxylic acids is 1. The van der Waals surface area contributed by atoms with Crippen LogP contribution in [0.25, 0.3) is 0 Å². The fourth-order valence-corrected chi connectivity index (χ4v) is 3.20. The molecule has 0 saturated carbocycles. The summed E-state index contributed by atoms with van der Waals surface area (Å²) in [4.78, 5) is 21.2. The van der Waals surface area contributed by atoms with E-state index in [0.717, 1.165) is 31.8 Å². The Morgan fingerprint density at radius 3 is 2.68 bits per heavy atom. The molecular weight excluding hydrogens is 337 g/mol. The van der Waals surface area contributed by atoms with Gasteiger partial charge in [0.05, 0.1) is 12.5 Å². The van der Waals surface area contributed by atoms with Crippen molar-refractivity contribution in [2.75, 3.05) is 25.0 Å². The van der Waals surface area contributed by atoms with E-state index in [9.17, 15) is 18.0 Å². The van der Waals surface area contributed by atoms with E-state index in [1.807, 2.05) is 0 Å². The van der Waals surface area contributed by atoms with Gasteiger partial charge in [0.2, 0.25) is 5.91 Å². The van der Waals surface area contributed by atoms with E-state index in [-0.39, 0.29) is 23.9 Å². The number of nitrogens with zero attached hydrogens (tertiary/aromatic N) is 3. The zero-order valence-corrected chi connectivity index (χ0v) is 13.8. The molecule has 1 unspecified atom stereocenters. The first kappa shape index (κ1) is 17.9. The van der Waals surface area contributed by atoms with Crippen LogP contribution in [0.3, 0.4) is 0 Å². The summed E-state index contributed by atoms with van der Waals surface area (Å²) in [6.07, 6.45) is 0.139. The molecule has 0 spiro atoms. The summed E-state index contributed by atoms with van der Waals surface area (Å²) in [5, 5.41) is 3.01. The van der Waals surface area contributed by atoms with Crippen molar-refractivity contribution in [3.05, 3.63) is 18.1 Å². The molecule has 0 aromatic carbocycles. The number of anilines is 1. The number of carbonyl (C=O) groups is 1. The zero-order chi connectivity index (χ0) is 17.9. The third kappa shape index (κ3) is 4.81. The maximum absolute atomic E-state index is 12.7. The first-order chi connectivity index (χ1) is 11.9. The number of alkyl halides is 3. The first-order valence-electron chi connectivity index (χ1n) is 8.47. The fraction of sp³-hybridized carbons (Fsp3) is 0.688. The van der Waals surface area contributed by atoms with E-state index >= 15 is 0 Å². The Labute approximate surface area is 143 Å². The van der Waals surface area contributed by atoms with E-state index in [4.69, 9.17) is 4.74 Å². The first-order valence-corrected chi connectivity index (χ1v) is 8.47. The molecule has 1 atom stereocenters. The van der Waals surface area contributed by atoms with E-state index in [0.29, 0.717) is 32.4 Å².